The second kappa shape index (κ2) is 8.74. The molecule has 0 unspecified atom stereocenters. The summed E-state index contributed by atoms with van der Waals surface area (Å²) in [6.07, 6.45) is 0.994. The highest BCUT2D eigenvalue weighted by Gasteiger charge is 2.55. The first-order valence-electron chi connectivity index (χ1n) is 6.71. The first-order chi connectivity index (χ1) is 9.59. The molecule has 0 aromatic rings. The van der Waals surface area contributed by atoms with E-state index in [2.05, 4.69) is 21.3 Å². The average Bonchev–Trinajstić information content (AvgIpc) is 2.40. The molecule has 10 nitrogen and oxygen atoms in total. The summed E-state index contributed by atoms with van der Waals surface area (Å²) in [5.41, 5.74) is -2.22. The normalized spacial score (nSPS) is 22.6. The zero-order valence-corrected chi connectivity index (χ0v) is 11.4. The first kappa shape index (κ1) is 16.7. The molecule has 0 radical (unpaired) electrons. The van der Waals surface area contributed by atoms with Crippen LogP contribution < -0.4 is 21.3 Å². The van der Waals surface area contributed by atoms with Gasteiger partial charge in [0.05, 0.1) is 0 Å². The van der Waals surface area contributed by atoms with Crippen LogP contribution in [0.4, 0.5) is 0 Å². The van der Waals surface area contributed by atoms with Crippen molar-refractivity contribution in [2.24, 2.45) is 0 Å². The fraction of sp³-hybridized carbons (Fsp3) is 1.00. The van der Waals surface area contributed by atoms with Gasteiger partial charge in [0.15, 0.2) is 0 Å². The number of nitrogens with zero attached hydrogens (tertiary/aromatic N) is 2. The van der Waals surface area contributed by atoms with Crippen molar-refractivity contribution >= 4 is 0 Å². The maximum Gasteiger partial charge on any atom is 0.482 e. The zero-order chi connectivity index (χ0) is 14.8. The van der Waals surface area contributed by atoms with Crippen LogP contribution in [0.5, 0.6) is 0 Å². The number of rotatable bonds is 2. The fourth-order valence-electron chi connectivity index (χ4n) is 1.91. The van der Waals surface area contributed by atoms with E-state index in [1.165, 1.54) is 0 Å². The molecule has 0 spiro atoms. The van der Waals surface area contributed by atoms with Gasteiger partial charge in [0.25, 0.3) is 0 Å². The van der Waals surface area contributed by atoms with Crippen LogP contribution >= 0.6 is 0 Å². The molecule has 0 aromatic carbocycles. The third kappa shape index (κ3) is 4.96. The van der Waals surface area contributed by atoms with E-state index in [1.807, 2.05) is 0 Å². The van der Waals surface area contributed by atoms with Gasteiger partial charge in [0.2, 0.25) is 0 Å². The van der Waals surface area contributed by atoms with Crippen LogP contribution in [-0.4, -0.2) is 67.9 Å². The van der Waals surface area contributed by atoms with Crippen molar-refractivity contribution in [2.45, 2.75) is 12.1 Å². The average molecular weight is 290 g/mol. The third-order valence-electron chi connectivity index (χ3n) is 3.16. The van der Waals surface area contributed by atoms with Gasteiger partial charge in [0, 0.05) is 26.2 Å². The summed E-state index contributed by atoms with van der Waals surface area (Å²) in [4.78, 5) is 20.6. The van der Waals surface area contributed by atoms with E-state index in [4.69, 9.17) is 0 Å². The Bertz CT molecular complexity index is 297. The minimum Gasteiger partial charge on any atom is -0.315 e. The molecule has 1 rings (SSSR count). The number of nitrogens with one attached hydrogen (secondary N) is 4. The van der Waals surface area contributed by atoms with E-state index in [-0.39, 0.29) is 13.1 Å². The van der Waals surface area contributed by atoms with Crippen molar-refractivity contribution in [3.63, 3.8) is 0 Å². The standard InChI is InChI=1S/C10H22N6O4/c17-15(18)10(16(19)20)8-13-6-4-11-2-1-3-12-5-7-14-9-10/h11-14H,1-9H2. The highest BCUT2D eigenvalue weighted by molar-refractivity contribution is 4.75. The van der Waals surface area contributed by atoms with Crippen molar-refractivity contribution in [1.29, 1.82) is 0 Å². The molecule has 1 fully saturated rings. The summed E-state index contributed by atoms with van der Waals surface area (Å²) < 4.78 is 0. The monoisotopic (exact) mass is 290 g/mol. The second-order valence-corrected chi connectivity index (χ2v) is 4.70. The Morgan fingerprint density at radius 2 is 1.10 bits per heavy atom. The molecular formula is C10H22N6O4. The van der Waals surface area contributed by atoms with E-state index in [0.717, 1.165) is 19.5 Å². The van der Waals surface area contributed by atoms with Gasteiger partial charge in [-0.2, -0.15) is 0 Å². The third-order valence-corrected chi connectivity index (χ3v) is 3.16. The molecule has 1 saturated heterocycles. The van der Waals surface area contributed by atoms with Gasteiger partial charge in [-0.25, -0.2) is 0 Å². The van der Waals surface area contributed by atoms with Crippen LogP contribution in [-0.2, 0) is 0 Å². The van der Waals surface area contributed by atoms with Gasteiger partial charge in [-0.15, -0.1) is 0 Å². The van der Waals surface area contributed by atoms with Crippen LogP contribution in [0.25, 0.3) is 0 Å². The molecule has 0 atom stereocenters. The Kier molecular flexibility index (Phi) is 7.30. The Balaban J connectivity index is 2.64. The number of hydrogen-bond acceptors (Lipinski definition) is 8. The number of nitro groups is 2. The molecule has 0 bridgehead atoms. The summed E-state index contributed by atoms with van der Waals surface area (Å²) in [6, 6.07) is 0. The highest BCUT2D eigenvalue weighted by atomic mass is 16.7. The lowest BCUT2D eigenvalue weighted by Gasteiger charge is -2.19. The molecule has 0 saturated carbocycles. The van der Waals surface area contributed by atoms with Crippen LogP contribution in [0, 0.1) is 20.2 Å². The molecule has 1 heterocycles. The SMILES string of the molecule is O=[N+]([O-])C1([N+](=O)[O-])CNCCNCCCNCCNC1. The zero-order valence-electron chi connectivity index (χ0n) is 11.4. The predicted molar refractivity (Wildman–Crippen MR) is 72.8 cm³/mol. The minimum atomic E-state index is -2.22. The van der Waals surface area contributed by atoms with Crippen LogP contribution in [0.1, 0.15) is 6.42 Å². The van der Waals surface area contributed by atoms with E-state index in [0.29, 0.717) is 26.2 Å². The van der Waals surface area contributed by atoms with Crippen molar-refractivity contribution in [3.05, 3.63) is 20.2 Å². The summed E-state index contributed by atoms with van der Waals surface area (Å²) in [5, 5.41) is 34.1. The lowest BCUT2D eigenvalue weighted by Crippen LogP contribution is -2.60. The molecule has 1 aliphatic heterocycles. The number of hydrogen-bond donors (Lipinski definition) is 4. The van der Waals surface area contributed by atoms with Crippen LogP contribution in [0.15, 0.2) is 0 Å². The summed E-state index contributed by atoms with van der Waals surface area (Å²) in [7, 11) is 0. The van der Waals surface area contributed by atoms with Gasteiger partial charge in [-0.1, -0.05) is 0 Å². The Labute approximate surface area is 117 Å². The van der Waals surface area contributed by atoms with Crippen LogP contribution in [0.2, 0.25) is 0 Å². The van der Waals surface area contributed by atoms with Crippen molar-refractivity contribution in [2.75, 3.05) is 52.4 Å². The van der Waals surface area contributed by atoms with Gasteiger partial charge >= 0.3 is 5.66 Å². The van der Waals surface area contributed by atoms with Gasteiger partial charge in [0.1, 0.15) is 22.9 Å². The molecule has 0 aromatic heterocycles. The van der Waals surface area contributed by atoms with E-state index in [1.54, 1.807) is 0 Å². The maximum atomic E-state index is 11.1. The molecular weight excluding hydrogens is 268 g/mol. The molecule has 0 amide bonds. The topological polar surface area (TPSA) is 134 Å². The smallest absolute Gasteiger partial charge is 0.315 e. The van der Waals surface area contributed by atoms with Crippen molar-refractivity contribution < 1.29 is 9.85 Å². The van der Waals surface area contributed by atoms with E-state index in [9.17, 15) is 20.2 Å². The highest BCUT2D eigenvalue weighted by Crippen LogP contribution is 2.08. The molecule has 10 heteroatoms. The summed E-state index contributed by atoms with van der Waals surface area (Å²) in [5.74, 6) is 0. The lowest BCUT2D eigenvalue weighted by molar-refractivity contribution is -0.791. The molecule has 1 aliphatic rings. The quantitative estimate of drug-likeness (QED) is 0.260. The van der Waals surface area contributed by atoms with E-state index < -0.39 is 15.5 Å². The summed E-state index contributed by atoms with van der Waals surface area (Å²) >= 11 is 0. The van der Waals surface area contributed by atoms with Gasteiger partial charge in [-0.05, 0) is 19.5 Å². The van der Waals surface area contributed by atoms with Gasteiger partial charge in [-0.3, -0.25) is 20.2 Å². The largest absolute Gasteiger partial charge is 0.482 e. The summed E-state index contributed by atoms with van der Waals surface area (Å²) in [6.45, 7) is 3.26. The molecule has 0 aliphatic carbocycles. The Morgan fingerprint density at radius 3 is 1.50 bits per heavy atom. The maximum absolute atomic E-state index is 11.1. The predicted octanol–water partition coefficient (Wildman–Crippen LogP) is -2.00. The lowest BCUT2D eigenvalue weighted by atomic mass is 10.2. The first-order valence-corrected chi connectivity index (χ1v) is 6.71. The van der Waals surface area contributed by atoms with Crippen molar-refractivity contribution in [1.82, 2.24) is 21.3 Å². The Morgan fingerprint density at radius 1 is 0.700 bits per heavy atom. The molecule has 116 valence electrons. The van der Waals surface area contributed by atoms with Crippen molar-refractivity contribution in [3.8, 4) is 0 Å². The van der Waals surface area contributed by atoms with Crippen LogP contribution in [0.3, 0.4) is 0 Å². The molecule has 4 N–H and O–H groups in total. The van der Waals surface area contributed by atoms with Gasteiger partial charge < -0.3 is 21.3 Å². The molecule has 20 heavy (non-hydrogen) atoms. The van der Waals surface area contributed by atoms with E-state index >= 15 is 0 Å². The minimum absolute atomic E-state index is 0.297. The Hall–Kier alpha value is -1.36. The second-order valence-electron chi connectivity index (χ2n) is 4.70. The fourth-order valence-corrected chi connectivity index (χ4v) is 1.91.